The molecule has 1 amide bonds. The second kappa shape index (κ2) is 3.99. The van der Waals surface area contributed by atoms with Crippen LogP contribution in [0.3, 0.4) is 0 Å². The number of hydrogen-bond donors (Lipinski definition) is 1. The largest absolute Gasteiger partial charge is 0.489 e. The number of carbonyl (C=O) groups excluding carboxylic acids is 1. The number of carbonyl (C=O) groups is 1. The summed E-state index contributed by atoms with van der Waals surface area (Å²) in [5, 5.41) is 9.27. The number of benzene rings is 1. The molecule has 18 heavy (non-hydrogen) atoms. The van der Waals surface area contributed by atoms with Gasteiger partial charge in [-0.05, 0) is 13.0 Å². The van der Waals surface area contributed by atoms with E-state index in [-0.39, 0.29) is 18.1 Å². The maximum Gasteiger partial charge on any atom is 0.257 e. The molecule has 3 rings (SSSR count). The molecule has 0 aromatic heterocycles. The van der Waals surface area contributed by atoms with Crippen LogP contribution in [0.5, 0.6) is 5.75 Å². The summed E-state index contributed by atoms with van der Waals surface area (Å²) in [5.41, 5.74) is 1.73. The van der Waals surface area contributed by atoms with Crippen LogP contribution in [0.25, 0.3) is 0 Å². The summed E-state index contributed by atoms with van der Waals surface area (Å²) in [5.74, 6) is 0.997. The van der Waals surface area contributed by atoms with Gasteiger partial charge in [-0.1, -0.05) is 19.1 Å². The monoisotopic (exact) mass is 247 g/mol. The second-order valence-electron chi connectivity index (χ2n) is 5.20. The molecule has 0 bridgehead atoms. The third-order valence-corrected chi connectivity index (χ3v) is 3.92. The Morgan fingerprint density at radius 2 is 2.11 bits per heavy atom. The van der Waals surface area contributed by atoms with E-state index in [1.54, 1.807) is 11.0 Å². The van der Waals surface area contributed by atoms with Crippen LogP contribution in [-0.4, -0.2) is 41.2 Å². The third kappa shape index (κ3) is 1.60. The van der Waals surface area contributed by atoms with Gasteiger partial charge in [-0.2, -0.15) is 0 Å². The van der Waals surface area contributed by atoms with Gasteiger partial charge in [0, 0.05) is 24.6 Å². The van der Waals surface area contributed by atoms with Gasteiger partial charge in [0.1, 0.15) is 11.9 Å². The van der Waals surface area contributed by atoms with Crippen molar-refractivity contribution in [3.8, 4) is 5.75 Å². The highest BCUT2D eigenvalue weighted by Gasteiger charge is 2.35. The van der Waals surface area contributed by atoms with Crippen LogP contribution in [0.1, 0.15) is 35.7 Å². The summed E-state index contributed by atoms with van der Waals surface area (Å²) < 4.78 is 5.81. The third-order valence-electron chi connectivity index (χ3n) is 3.92. The number of β-amino-alcohol motifs (C(OH)–C–C–N with tert-alkyl or cyclic N) is 1. The first kappa shape index (κ1) is 11.5. The molecule has 2 atom stereocenters. The summed E-state index contributed by atoms with van der Waals surface area (Å²) in [4.78, 5) is 13.9. The number of ether oxygens (including phenoxy) is 1. The van der Waals surface area contributed by atoms with Crippen molar-refractivity contribution in [1.29, 1.82) is 0 Å². The van der Waals surface area contributed by atoms with E-state index in [1.807, 2.05) is 19.1 Å². The number of amides is 1. The molecule has 1 saturated heterocycles. The van der Waals surface area contributed by atoms with Crippen LogP contribution < -0.4 is 4.74 Å². The van der Waals surface area contributed by atoms with Crippen molar-refractivity contribution < 1.29 is 14.6 Å². The van der Waals surface area contributed by atoms with Crippen molar-refractivity contribution in [2.24, 2.45) is 0 Å². The average molecular weight is 247 g/mol. The molecular weight excluding hydrogens is 230 g/mol. The number of rotatable bonds is 1. The van der Waals surface area contributed by atoms with E-state index in [0.29, 0.717) is 24.6 Å². The molecule has 2 unspecified atom stereocenters. The fourth-order valence-electron chi connectivity index (χ4n) is 2.55. The number of hydrogen-bond acceptors (Lipinski definition) is 3. The molecule has 0 radical (unpaired) electrons. The predicted octanol–water partition coefficient (Wildman–Crippen LogP) is 1.39. The van der Waals surface area contributed by atoms with Gasteiger partial charge in [-0.25, -0.2) is 0 Å². The quantitative estimate of drug-likeness (QED) is 0.815. The normalized spacial score (nSPS) is 26.5. The van der Waals surface area contributed by atoms with Gasteiger partial charge < -0.3 is 14.7 Å². The highest BCUT2D eigenvalue weighted by atomic mass is 16.5. The molecule has 1 aromatic rings. The van der Waals surface area contributed by atoms with Crippen molar-refractivity contribution in [1.82, 2.24) is 4.90 Å². The molecule has 0 aliphatic carbocycles. The summed E-state index contributed by atoms with van der Waals surface area (Å²) in [6.45, 7) is 4.98. The maximum absolute atomic E-state index is 12.3. The molecule has 96 valence electrons. The fraction of sp³-hybridized carbons (Fsp3) is 0.500. The van der Waals surface area contributed by atoms with E-state index < -0.39 is 0 Å². The Kier molecular flexibility index (Phi) is 2.55. The SMILES string of the molecule is CC1Oc2c(C(=O)N3CC(O)C3)cccc2C1C. The van der Waals surface area contributed by atoms with Crippen molar-refractivity contribution in [3.05, 3.63) is 29.3 Å². The highest BCUT2D eigenvalue weighted by molar-refractivity contribution is 5.98. The van der Waals surface area contributed by atoms with E-state index in [0.717, 1.165) is 11.3 Å². The lowest BCUT2D eigenvalue weighted by atomic mass is 9.96. The number of para-hydroxylation sites is 1. The Bertz CT molecular complexity index is 494. The Hall–Kier alpha value is -1.55. The Balaban J connectivity index is 1.93. The minimum absolute atomic E-state index is 0.0431. The number of fused-ring (bicyclic) bond motifs is 1. The average Bonchev–Trinajstić information content (AvgIpc) is 2.61. The van der Waals surface area contributed by atoms with E-state index in [9.17, 15) is 9.90 Å². The van der Waals surface area contributed by atoms with Gasteiger partial charge in [0.05, 0.1) is 11.7 Å². The van der Waals surface area contributed by atoms with Crippen molar-refractivity contribution >= 4 is 5.91 Å². The zero-order valence-corrected chi connectivity index (χ0v) is 10.6. The molecule has 2 aliphatic rings. The van der Waals surface area contributed by atoms with Gasteiger partial charge >= 0.3 is 0 Å². The van der Waals surface area contributed by atoms with Crippen LogP contribution in [0, 0.1) is 0 Å². The Morgan fingerprint density at radius 3 is 2.78 bits per heavy atom. The van der Waals surface area contributed by atoms with Gasteiger partial charge in [-0.3, -0.25) is 4.79 Å². The highest BCUT2D eigenvalue weighted by Crippen LogP contribution is 2.40. The zero-order valence-electron chi connectivity index (χ0n) is 10.6. The second-order valence-corrected chi connectivity index (χ2v) is 5.20. The summed E-state index contributed by atoms with van der Waals surface area (Å²) in [6, 6.07) is 5.72. The van der Waals surface area contributed by atoms with Gasteiger partial charge in [-0.15, -0.1) is 0 Å². The van der Waals surface area contributed by atoms with E-state index in [2.05, 4.69) is 6.92 Å². The number of likely N-dealkylation sites (tertiary alicyclic amines) is 1. The molecule has 4 nitrogen and oxygen atoms in total. The smallest absolute Gasteiger partial charge is 0.257 e. The van der Waals surface area contributed by atoms with Gasteiger partial charge in [0.25, 0.3) is 5.91 Å². The first-order chi connectivity index (χ1) is 8.58. The van der Waals surface area contributed by atoms with E-state index in [4.69, 9.17) is 4.74 Å². The Labute approximate surface area is 106 Å². The van der Waals surface area contributed by atoms with Crippen LogP contribution in [0.2, 0.25) is 0 Å². The van der Waals surface area contributed by atoms with Crippen molar-refractivity contribution in [2.45, 2.75) is 32.0 Å². The minimum Gasteiger partial charge on any atom is -0.489 e. The fourth-order valence-corrected chi connectivity index (χ4v) is 2.55. The number of aliphatic hydroxyl groups excluding tert-OH is 1. The van der Waals surface area contributed by atoms with Crippen molar-refractivity contribution in [2.75, 3.05) is 13.1 Å². The molecule has 2 aliphatic heterocycles. The lowest BCUT2D eigenvalue weighted by molar-refractivity contribution is 0.00563. The molecule has 1 fully saturated rings. The molecular formula is C14H17NO3. The molecule has 1 N–H and O–H groups in total. The van der Waals surface area contributed by atoms with Crippen LogP contribution in [0.4, 0.5) is 0 Å². The standard InChI is InChI=1S/C14H17NO3/c1-8-9(2)18-13-11(8)4-3-5-12(13)14(17)15-6-10(16)7-15/h3-5,8-10,16H,6-7H2,1-2H3. The van der Waals surface area contributed by atoms with Gasteiger partial charge in [0.15, 0.2) is 0 Å². The first-order valence-corrected chi connectivity index (χ1v) is 6.35. The Morgan fingerprint density at radius 1 is 1.39 bits per heavy atom. The molecule has 1 aromatic carbocycles. The maximum atomic E-state index is 12.3. The van der Waals surface area contributed by atoms with E-state index >= 15 is 0 Å². The number of aliphatic hydroxyl groups is 1. The molecule has 4 heteroatoms. The lowest BCUT2D eigenvalue weighted by Gasteiger charge is -2.36. The van der Waals surface area contributed by atoms with Crippen LogP contribution in [0.15, 0.2) is 18.2 Å². The summed E-state index contributed by atoms with van der Waals surface area (Å²) in [6.07, 6.45) is -0.264. The zero-order chi connectivity index (χ0) is 12.9. The minimum atomic E-state index is -0.371. The van der Waals surface area contributed by atoms with Crippen molar-refractivity contribution in [3.63, 3.8) is 0 Å². The van der Waals surface area contributed by atoms with E-state index in [1.165, 1.54) is 0 Å². The first-order valence-electron chi connectivity index (χ1n) is 6.35. The van der Waals surface area contributed by atoms with Gasteiger partial charge in [0.2, 0.25) is 0 Å². The summed E-state index contributed by atoms with van der Waals surface area (Å²) in [7, 11) is 0. The molecule has 2 heterocycles. The summed E-state index contributed by atoms with van der Waals surface area (Å²) >= 11 is 0. The van der Waals surface area contributed by atoms with Crippen LogP contribution >= 0.6 is 0 Å². The topological polar surface area (TPSA) is 49.8 Å². The van der Waals surface area contributed by atoms with Crippen LogP contribution in [-0.2, 0) is 0 Å². The molecule has 0 saturated carbocycles. The number of nitrogens with zero attached hydrogens (tertiary/aromatic N) is 1. The predicted molar refractivity (Wildman–Crippen MR) is 66.9 cm³/mol. The lowest BCUT2D eigenvalue weighted by Crippen LogP contribution is -2.53. The molecule has 0 spiro atoms.